The van der Waals surface area contributed by atoms with E-state index in [1.165, 1.54) is 43.5 Å². The van der Waals surface area contributed by atoms with E-state index in [0.717, 1.165) is 19.3 Å². The van der Waals surface area contributed by atoms with Gasteiger partial charge in [-0.05, 0) is 36.6 Å². The number of carbonyl (C=O) groups is 3. The van der Waals surface area contributed by atoms with E-state index < -0.39 is 31.0 Å². The highest BCUT2D eigenvalue weighted by atomic mass is 19.3. The van der Waals surface area contributed by atoms with Crippen molar-refractivity contribution in [3.8, 4) is 5.75 Å². The Balaban J connectivity index is 1.68. The minimum absolute atomic E-state index is 0.0913. The molecular weight excluding hydrogens is 360 g/mol. The second-order valence-corrected chi connectivity index (χ2v) is 6.48. The quantitative estimate of drug-likeness (QED) is 0.696. The van der Waals surface area contributed by atoms with E-state index in [1.807, 2.05) is 0 Å². The Hall–Kier alpha value is -2.51. The summed E-state index contributed by atoms with van der Waals surface area (Å²) in [6, 6.07) is 4.88. The van der Waals surface area contributed by atoms with Crippen LogP contribution in [0.3, 0.4) is 0 Å². The summed E-state index contributed by atoms with van der Waals surface area (Å²) >= 11 is 0. The highest BCUT2D eigenvalue weighted by Crippen LogP contribution is 2.27. The van der Waals surface area contributed by atoms with Crippen LogP contribution in [0.2, 0.25) is 0 Å². The van der Waals surface area contributed by atoms with E-state index in [-0.39, 0.29) is 17.7 Å². The monoisotopic (exact) mass is 383 g/mol. The SMILES string of the molecule is O=C(COC(=O)CCC1CCCCC1)NC(=O)c1ccc(OC(F)F)cc1. The molecule has 1 aliphatic rings. The molecule has 1 aromatic rings. The molecule has 6 nitrogen and oxygen atoms in total. The molecule has 2 amide bonds. The van der Waals surface area contributed by atoms with Crippen molar-refractivity contribution in [1.29, 1.82) is 0 Å². The summed E-state index contributed by atoms with van der Waals surface area (Å²) < 4.78 is 33.2. The van der Waals surface area contributed by atoms with Crippen LogP contribution in [0, 0.1) is 5.92 Å². The molecule has 0 heterocycles. The molecule has 1 aromatic carbocycles. The maximum absolute atomic E-state index is 12.1. The first kappa shape index (κ1) is 20.8. The van der Waals surface area contributed by atoms with Gasteiger partial charge in [0, 0.05) is 12.0 Å². The van der Waals surface area contributed by atoms with Crippen LogP contribution in [0.1, 0.15) is 55.3 Å². The molecule has 0 saturated heterocycles. The molecule has 148 valence electrons. The Kier molecular flexibility index (Phi) is 8.16. The molecule has 1 fully saturated rings. The third kappa shape index (κ3) is 7.72. The molecule has 0 radical (unpaired) electrons. The minimum Gasteiger partial charge on any atom is -0.456 e. The van der Waals surface area contributed by atoms with Crippen molar-refractivity contribution in [1.82, 2.24) is 5.32 Å². The van der Waals surface area contributed by atoms with Crippen molar-refractivity contribution in [2.24, 2.45) is 5.92 Å². The van der Waals surface area contributed by atoms with Crippen LogP contribution in [0.4, 0.5) is 8.78 Å². The lowest BCUT2D eigenvalue weighted by Crippen LogP contribution is -2.34. The zero-order chi connectivity index (χ0) is 19.6. The number of esters is 1. The van der Waals surface area contributed by atoms with Crippen molar-refractivity contribution < 1.29 is 32.6 Å². The van der Waals surface area contributed by atoms with Gasteiger partial charge in [0.25, 0.3) is 11.8 Å². The number of hydrogen-bond donors (Lipinski definition) is 1. The van der Waals surface area contributed by atoms with Gasteiger partial charge in [0.2, 0.25) is 0 Å². The fraction of sp³-hybridized carbons (Fsp3) is 0.526. The Morgan fingerprint density at radius 2 is 1.74 bits per heavy atom. The summed E-state index contributed by atoms with van der Waals surface area (Å²) in [5.41, 5.74) is 0.0913. The Morgan fingerprint density at radius 1 is 1.07 bits per heavy atom. The van der Waals surface area contributed by atoms with Crippen LogP contribution in [-0.2, 0) is 14.3 Å². The molecule has 27 heavy (non-hydrogen) atoms. The third-order valence-corrected chi connectivity index (χ3v) is 4.44. The summed E-state index contributed by atoms with van der Waals surface area (Å²) in [6.45, 7) is -3.50. The van der Waals surface area contributed by atoms with Crippen molar-refractivity contribution in [3.63, 3.8) is 0 Å². The minimum atomic E-state index is -2.96. The summed E-state index contributed by atoms with van der Waals surface area (Å²) in [5.74, 6) is -1.49. The molecule has 0 spiro atoms. The molecule has 1 aliphatic carbocycles. The molecule has 8 heteroatoms. The highest BCUT2D eigenvalue weighted by Gasteiger charge is 2.17. The predicted molar refractivity (Wildman–Crippen MR) is 92.3 cm³/mol. The fourth-order valence-electron chi connectivity index (χ4n) is 3.04. The van der Waals surface area contributed by atoms with E-state index in [2.05, 4.69) is 10.1 Å². The molecule has 0 aromatic heterocycles. The van der Waals surface area contributed by atoms with Crippen LogP contribution < -0.4 is 10.1 Å². The second kappa shape index (κ2) is 10.6. The van der Waals surface area contributed by atoms with Gasteiger partial charge in [0.1, 0.15) is 5.75 Å². The van der Waals surface area contributed by atoms with Crippen LogP contribution in [-0.4, -0.2) is 31.0 Å². The number of nitrogens with one attached hydrogen (secondary N) is 1. The van der Waals surface area contributed by atoms with Gasteiger partial charge in [0.05, 0.1) is 0 Å². The first-order chi connectivity index (χ1) is 12.9. The van der Waals surface area contributed by atoms with Gasteiger partial charge in [-0.15, -0.1) is 0 Å². The van der Waals surface area contributed by atoms with Crippen LogP contribution in [0.15, 0.2) is 24.3 Å². The summed E-state index contributed by atoms with van der Waals surface area (Å²) in [5, 5.41) is 2.07. The van der Waals surface area contributed by atoms with E-state index >= 15 is 0 Å². The zero-order valence-corrected chi connectivity index (χ0v) is 14.9. The lowest BCUT2D eigenvalue weighted by molar-refractivity contribution is -0.148. The normalized spacial score (nSPS) is 14.6. The number of benzene rings is 1. The number of carbonyl (C=O) groups excluding carboxylic acids is 3. The first-order valence-corrected chi connectivity index (χ1v) is 8.98. The molecule has 1 saturated carbocycles. The molecule has 1 N–H and O–H groups in total. The Labute approximate surface area is 156 Å². The average molecular weight is 383 g/mol. The van der Waals surface area contributed by atoms with E-state index in [4.69, 9.17) is 4.74 Å². The van der Waals surface area contributed by atoms with Gasteiger partial charge in [-0.3, -0.25) is 19.7 Å². The highest BCUT2D eigenvalue weighted by molar-refractivity contribution is 6.05. The van der Waals surface area contributed by atoms with Crippen LogP contribution in [0.25, 0.3) is 0 Å². The Morgan fingerprint density at radius 3 is 2.37 bits per heavy atom. The number of amides is 2. The second-order valence-electron chi connectivity index (χ2n) is 6.48. The van der Waals surface area contributed by atoms with Gasteiger partial charge in [-0.25, -0.2) is 0 Å². The number of rotatable bonds is 8. The number of halogens is 2. The van der Waals surface area contributed by atoms with Gasteiger partial charge >= 0.3 is 12.6 Å². The molecule has 0 unspecified atom stereocenters. The maximum Gasteiger partial charge on any atom is 0.387 e. The van der Waals surface area contributed by atoms with Gasteiger partial charge in [-0.1, -0.05) is 32.1 Å². The molecule has 0 aliphatic heterocycles. The summed E-state index contributed by atoms with van der Waals surface area (Å²) in [4.78, 5) is 35.3. The molecular formula is C19H23F2NO5. The smallest absolute Gasteiger partial charge is 0.387 e. The standard InChI is InChI=1S/C19H23F2NO5/c20-19(21)27-15-9-7-14(8-10-15)18(25)22-16(23)12-26-17(24)11-6-13-4-2-1-3-5-13/h7-10,13,19H,1-6,11-12H2,(H,22,23,25). The average Bonchev–Trinajstić information content (AvgIpc) is 2.65. The van der Waals surface area contributed by atoms with Crippen molar-refractivity contribution >= 4 is 17.8 Å². The van der Waals surface area contributed by atoms with Crippen molar-refractivity contribution in [2.45, 2.75) is 51.6 Å². The third-order valence-electron chi connectivity index (χ3n) is 4.44. The maximum atomic E-state index is 12.1. The molecule has 2 rings (SSSR count). The summed E-state index contributed by atoms with van der Waals surface area (Å²) in [6.07, 6.45) is 6.91. The van der Waals surface area contributed by atoms with Gasteiger partial charge < -0.3 is 9.47 Å². The lowest BCUT2D eigenvalue weighted by Gasteiger charge is -2.20. The number of alkyl halides is 2. The number of imide groups is 1. The molecule has 0 bridgehead atoms. The van der Waals surface area contributed by atoms with E-state index in [0.29, 0.717) is 5.92 Å². The van der Waals surface area contributed by atoms with Crippen molar-refractivity contribution in [2.75, 3.05) is 6.61 Å². The number of hydrogen-bond acceptors (Lipinski definition) is 5. The predicted octanol–water partition coefficient (Wildman–Crippen LogP) is 3.45. The molecule has 0 atom stereocenters. The van der Waals surface area contributed by atoms with Crippen molar-refractivity contribution in [3.05, 3.63) is 29.8 Å². The largest absolute Gasteiger partial charge is 0.456 e. The topological polar surface area (TPSA) is 81.7 Å². The Bertz CT molecular complexity index is 642. The number of ether oxygens (including phenoxy) is 2. The van der Waals surface area contributed by atoms with E-state index in [9.17, 15) is 23.2 Å². The van der Waals surface area contributed by atoms with E-state index in [1.54, 1.807) is 0 Å². The lowest BCUT2D eigenvalue weighted by atomic mass is 9.86. The summed E-state index contributed by atoms with van der Waals surface area (Å²) in [7, 11) is 0. The van der Waals surface area contributed by atoms with Crippen LogP contribution >= 0.6 is 0 Å². The fourth-order valence-corrected chi connectivity index (χ4v) is 3.04. The van der Waals surface area contributed by atoms with Crippen LogP contribution in [0.5, 0.6) is 5.75 Å². The van der Waals surface area contributed by atoms with Gasteiger partial charge in [-0.2, -0.15) is 8.78 Å². The first-order valence-electron chi connectivity index (χ1n) is 8.98. The zero-order valence-electron chi connectivity index (χ0n) is 14.9. The van der Waals surface area contributed by atoms with Gasteiger partial charge in [0.15, 0.2) is 6.61 Å².